The van der Waals surface area contributed by atoms with E-state index in [2.05, 4.69) is 62.8 Å². The van der Waals surface area contributed by atoms with Crippen LogP contribution in [0.3, 0.4) is 0 Å². The van der Waals surface area contributed by atoms with Crippen LogP contribution in [0.25, 0.3) is 11.0 Å². The number of imidazole rings is 1. The summed E-state index contributed by atoms with van der Waals surface area (Å²) >= 11 is 0. The predicted octanol–water partition coefficient (Wildman–Crippen LogP) is 3.70. The number of halogens is 1. The van der Waals surface area contributed by atoms with Crippen LogP contribution >= 0.6 is 24.0 Å². The van der Waals surface area contributed by atoms with Gasteiger partial charge in [0.1, 0.15) is 5.82 Å². The third-order valence-corrected chi connectivity index (χ3v) is 5.69. The van der Waals surface area contributed by atoms with Gasteiger partial charge in [0.25, 0.3) is 0 Å². The predicted molar refractivity (Wildman–Crippen MR) is 145 cm³/mol. The van der Waals surface area contributed by atoms with E-state index in [1.807, 2.05) is 18.2 Å². The molecule has 1 saturated heterocycles. The molecule has 1 fully saturated rings. The van der Waals surface area contributed by atoms with Crippen LogP contribution in [0.15, 0.2) is 53.5 Å². The number of nitrogens with zero attached hydrogens (tertiary/aromatic N) is 3. The summed E-state index contributed by atoms with van der Waals surface area (Å²) < 4.78 is 5.48. The lowest BCUT2D eigenvalue weighted by atomic mass is 10.1. The van der Waals surface area contributed by atoms with Gasteiger partial charge in [-0.25, -0.2) is 9.98 Å². The van der Waals surface area contributed by atoms with E-state index >= 15 is 0 Å². The van der Waals surface area contributed by atoms with E-state index < -0.39 is 0 Å². The highest BCUT2D eigenvalue weighted by Gasteiger charge is 2.12. The van der Waals surface area contributed by atoms with Gasteiger partial charge >= 0.3 is 0 Å². The van der Waals surface area contributed by atoms with E-state index in [9.17, 15) is 0 Å². The fourth-order valence-electron chi connectivity index (χ4n) is 3.96. The monoisotopic (exact) mass is 562 g/mol. The van der Waals surface area contributed by atoms with E-state index in [0.29, 0.717) is 6.54 Å². The second-order valence-corrected chi connectivity index (χ2v) is 8.08. The summed E-state index contributed by atoms with van der Waals surface area (Å²) in [6.07, 6.45) is 1.89. The highest BCUT2D eigenvalue weighted by molar-refractivity contribution is 14.0. The van der Waals surface area contributed by atoms with Crippen LogP contribution in [-0.2, 0) is 24.2 Å². The minimum absolute atomic E-state index is 0. The minimum Gasteiger partial charge on any atom is -0.379 e. The summed E-state index contributed by atoms with van der Waals surface area (Å²) in [6.45, 7) is 9.03. The Hall–Kier alpha value is -2.17. The van der Waals surface area contributed by atoms with E-state index in [4.69, 9.17) is 9.73 Å². The molecule has 4 rings (SSSR count). The Morgan fingerprint density at radius 3 is 2.61 bits per heavy atom. The number of aromatic amines is 1. The third-order valence-electron chi connectivity index (χ3n) is 5.69. The highest BCUT2D eigenvalue weighted by Crippen LogP contribution is 2.14. The topological polar surface area (TPSA) is 77.6 Å². The number of aromatic nitrogens is 2. The Bertz CT molecular complexity index is 982. The van der Waals surface area contributed by atoms with E-state index in [1.54, 1.807) is 0 Å². The molecule has 1 aliphatic rings. The number of fused-ring (bicyclic) bond motifs is 1. The van der Waals surface area contributed by atoms with Gasteiger partial charge in [0.15, 0.2) is 5.96 Å². The zero-order chi connectivity index (χ0) is 22.0. The second kappa shape index (κ2) is 13.5. The molecule has 0 spiro atoms. The molecule has 0 radical (unpaired) electrons. The van der Waals surface area contributed by atoms with Crippen molar-refractivity contribution < 1.29 is 4.74 Å². The average molecular weight is 563 g/mol. The lowest BCUT2D eigenvalue weighted by Gasteiger charge is -2.27. The van der Waals surface area contributed by atoms with Crippen molar-refractivity contribution in [3.63, 3.8) is 0 Å². The first-order valence-electron chi connectivity index (χ1n) is 11.6. The number of H-pyrrole nitrogens is 1. The Balaban J connectivity index is 0.00000306. The molecule has 2 heterocycles. The van der Waals surface area contributed by atoms with Gasteiger partial charge in [0.05, 0.1) is 30.8 Å². The average Bonchev–Trinajstić information content (AvgIpc) is 3.24. The molecule has 178 valence electrons. The molecule has 2 aromatic carbocycles. The molecule has 8 heteroatoms. The van der Waals surface area contributed by atoms with Crippen LogP contribution in [0, 0.1) is 0 Å². The van der Waals surface area contributed by atoms with Crippen LogP contribution in [0.5, 0.6) is 0 Å². The molecule has 1 aromatic heterocycles. The molecule has 0 saturated carbocycles. The standard InChI is InChI=1S/C25H34N6O.HI/c1-2-26-25(27-13-7-12-24-29-22-10-5-6-11-23(22)30-24)28-18-20-8-3-4-9-21(20)19-31-14-16-32-17-15-31;/h3-6,8-11H,2,7,12-19H2,1H3,(H,29,30)(H2,26,27,28);1H. The smallest absolute Gasteiger partial charge is 0.191 e. The highest BCUT2D eigenvalue weighted by atomic mass is 127. The number of nitrogens with one attached hydrogen (secondary N) is 3. The van der Waals surface area contributed by atoms with Gasteiger partial charge in [0.2, 0.25) is 0 Å². The summed E-state index contributed by atoms with van der Waals surface area (Å²) in [5.41, 5.74) is 4.75. The maximum absolute atomic E-state index is 5.48. The molecule has 33 heavy (non-hydrogen) atoms. The first-order valence-corrected chi connectivity index (χ1v) is 11.6. The summed E-state index contributed by atoms with van der Waals surface area (Å²) in [5, 5.41) is 6.83. The van der Waals surface area contributed by atoms with Crippen LogP contribution in [0.1, 0.15) is 30.3 Å². The fourth-order valence-corrected chi connectivity index (χ4v) is 3.96. The van der Waals surface area contributed by atoms with Gasteiger partial charge in [-0.1, -0.05) is 36.4 Å². The minimum atomic E-state index is 0. The van der Waals surface area contributed by atoms with Crippen molar-refractivity contribution >= 4 is 41.0 Å². The van der Waals surface area contributed by atoms with E-state index in [-0.39, 0.29) is 24.0 Å². The van der Waals surface area contributed by atoms with Crippen LogP contribution in [0.4, 0.5) is 0 Å². The van der Waals surface area contributed by atoms with Gasteiger partial charge in [-0.3, -0.25) is 4.90 Å². The van der Waals surface area contributed by atoms with Crippen LogP contribution in [0.2, 0.25) is 0 Å². The van der Waals surface area contributed by atoms with Crippen molar-refractivity contribution in [1.29, 1.82) is 0 Å². The van der Waals surface area contributed by atoms with E-state index in [1.165, 1.54) is 11.1 Å². The summed E-state index contributed by atoms with van der Waals surface area (Å²) in [4.78, 5) is 15.4. The van der Waals surface area contributed by atoms with Crippen molar-refractivity contribution in [1.82, 2.24) is 25.5 Å². The van der Waals surface area contributed by atoms with Gasteiger partial charge in [-0.15, -0.1) is 24.0 Å². The van der Waals surface area contributed by atoms with Crippen LogP contribution in [-0.4, -0.2) is 60.2 Å². The maximum atomic E-state index is 5.48. The number of para-hydroxylation sites is 2. The molecular weight excluding hydrogens is 527 g/mol. The van der Waals surface area contributed by atoms with Crippen molar-refractivity contribution in [3.05, 3.63) is 65.5 Å². The molecular formula is C25H35IN6O. The molecule has 0 bridgehead atoms. The number of benzene rings is 2. The van der Waals surface area contributed by atoms with E-state index in [0.717, 1.165) is 81.6 Å². The third kappa shape index (κ3) is 7.68. The zero-order valence-corrected chi connectivity index (χ0v) is 21.7. The van der Waals surface area contributed by atoms with Crippen molar-refractivity contribution in [2.45, 2.75) is 32.9 Å². The van der Waals surface area contributed by atoms with Crippen molar-refractivity contribution in [2.75, 3.05) is 39.4 Å². The fraction of sp³-hybridized carbons (Fsp3) is 0.440. The molecule has 3 N–H and O–H groups in total. The van der Waals surface area contributed by atoms with Gasteiger partial charge in [-0.05, 0) is 36.6 Å². The first kappa shape index (κ1) is 25.5. The summed E-state index contributed by atoms with van der Waals surface area (Å²) in [7, 11) is 0. The number of hydrogen-bond donors (Lipinski definition) is 3. The molecule has 0 amide bonds. The van der Waals surface area contributed by atoms with Crippen molar-refractivity contribution in [3.8, 4) is 0 Å². The number of ether oxygens (including phenoxy) is 1. The van der Waals surface area contributed by atoms with Gasteiger partial charge < -0.3 is 20.4 Å². The number of guanidine groups is 1. The molecule has 0 aliphatic carbocycles. The Kier molecular flexibility index (Phi) is 10.4. The molecule has 7 nitrogen and oxygen atoms in total. The first-order chi connectivity index (χ1) is 15.8. The summed E-state index contributed by atoms with van der Waals surface area (Å²) in [6, 6.07) is 16.8. The number of hydrogen-bond acceptors (Lipinski definition) is 4. The van der Waals surface area contributed by atoms with Gasteiger partial charge in [0, 0.05) is 39.1 Å². The molecule has 1 aliphatic heterocycles. The van der Waals surface area contributed by atoms with Crippen molar-refractivity contribution in [2.24, 2.45) is 4.99 Å². The van der Waals surface area contributed by atoms with Gasteiger partial charge in [-0.2, -0.15) is 0 Å². The lowest BCUT2D eigenvalue weighted by molar-refractivity contribution is 0.0341. The zero-order valence-electron chi connectivity index (χ0n) is 19.3. The normalized spacial score (nSPS) is 14.8. The van der Waals surface area contributed by atoms with Crippen LogP contribution < -0.4 is 10.6 Å². The molecule has 0 unspecified atom stereocenters. The quantitative estimate of drug-likeness (QED) is 0.161. The SMILES string of the molecule is CCNC(=NCc1ccccc1CN1CCOCC1)NCCCc1nc2ccccc2[nH]1.I. The Labute approximate surface area is 213 Å². The molecule has 0 atom stereocenters. The number of aryl methyl sites for hydroxylation is 1. The number of aliphatic imine (C=N–C) groups is 1. The Morgan fingerprint density at radius 2 is 1.82 bits per heavy atom. The summed E-state index contributed by atoms with van der Waals surface area (Å²) in [5.74, 6) is 1.89. The molecule has 3 aromatic rings. The number of rotatable bonds is 9. The largest absolute Gasteiger partial charge is 0.379 e. The Morgan fingerprint density at radius 1 is 1.06 bits per heavy atom. The maximum Gasteiger partial charge on any atom is 0.191 e. The lowest BCUT2D eigenvalue weighted by Crippen LogP contribution is -2.38. The number of morpholine rings is 1. The second-order valence-electron chi connectivity index (χ2n) is 8.08.